The van der Waals surface area contributed by atoms with Gasteiger partial charge >= 0.3 is 0 Å². The molecule has 1 aromatic carbocycles. The molecule has 0 aliphatic carbocycles. The average molecular weight is 272 g/mol. The second-order valence-corrected chi connectivity index (χ2v) is 10.0. The molecule has 0 amide bonds. The standard InChI is InChI=1S/C11H18BrNSi/c1-14(2,3)13(10-9-12)11-7-5-4-6-8-11/h4-8H,9-10H2,1-3H3. The number of benzene rings is 1. The molecule has 0 unspecified atom stereocenters. The van der Waals surface area contributed by atoms with Crippen LogP contribution in [0.2, 0.25) is 19.6 Å². The third-order valence-electron chi connectivity index (χ3n) is 2.19. The Kier molecular flexibility index (Phi) is 4.20. The number of nitrogens with zero attached hydrogens (tertiary/aromatic N) is 1. The van der Waals surface area contributed by atoms with Crippen LogP contribution in [0.15, 0.2) is 30.3 Å². The average Bonchev–Trinajstić information content (AvgIpc) is 2.14. The molecule has 0 aliphatic heterocycles. The molecule has 0 bridgehead atoms. The lowest BCUT2D eigenvalue weighted by Crippen LogP contribution is -2.47. The summed E-state index contributed by atoms with van der Waals surface area (Å²) in [5, 5.41) is 1.03. The van der Waals surface area contributed by atoms with Crippen molar-refractivity contribution in [2.45, 2.75) is 19.6 Å². The van der Waals surface area contributed by atoms with Crippen LogP contribution >= 0.6 is 15.9 Å². The lowest BCUT2D eigenvalue weighted by atomic mass is 10.3. The van der Waals surface area contributed by atoms with Gasteiger partial charge in [0.05, 0.1) is 0 Å². The zero-order valence-corrected chi connectivity index (χ0v) is 11.7. The van der Waals surface area contributed by atoms with Crippen LogP contribution in [0.5, 0.6) is 0 Å². The third-order valence-corrected chi connectivity index (χ3v) is 4.64. The predicted molar refractivity (Wildman–Crippen MR) is 70.9 cm³/mol. The highest BCUT2D eigenvalue weighted by Gasteiger charge is 2.23. The van der Waals surface area contributed by atoms with E-state index >= 15 is 0 Å². The van der Waals surface area contributed by atoms with Crippen molar-refractivity contribution in [3.8, 4) is 0 Å². The molecule has 0 N–H and O–H groups in total. The summed E-state index contributed by atoms with van der Waals surface area (Å²) < 4.78 is 2.54. The number of rotatable bonds is 4. The zero-order valence-electron chi connectivity index (χ0n) is 9.13. The minimum absolute atomic E-state index is 1.03. The monoisotopic (exact) mass is 271 g/mol. The van der Waals surface area contributed by atoms with Crippen LogP contribution in [0.1, 0.15) is 0 Å². The first-order chi connectivity index (χ1) is 6.55. The Morgan fingerprint density at radius 3 is 2.14 bits per heavy atom. The van der Waals surface area contributed by atoms with E-state index in [0.717, 1.165) is 11.9 Å². The van der Waals surface area contributed by atoms with Gasteiger partial charge in [-0.1, -0.05) is 53.8 Å². The molecule has 0 saturated heterocycles. The Labute approximate surface area is 96.3 Å². The molecule has 1 rings (SSSR count). The van der Waals surface area contributed by atoms with Crippen LogP contribution in [-0.4, -0.2) is 20.1 Å². The molecule has 1 aromatic rings. The Balaban J connectivity index is 2.89. The van der Waals surface area contributed by atoms with E-state index in [4.69, 9.17) is 0 Å². The molecular weight excluding hydrogens is 254 g/mol. The van der Waals surface area contributed by atoms with Gasteiger partial charge in [-0.15, -0.1) is 0 Å². The number of alkyl halides is 1. The fraction of sp³-hybridized carbons (Fsp3) is 0.455. The smallest absolute Gasteiger partial charge is 0.147 e. The molecule has 1 nitrogen and oxygen atoms in total. The van der Waals surface area contributed by atoms with Crippen LogP contribution < -0.4 is 4.57 Å². The third kappa shape index (κ3) is 3.14. The lowest BCUT2D eigenvalue weighted by molar-refractivity contribution is 1.07. The minimum Gasteiger partial charge on any atom is -0.397 e. The summed E-state index contributed by atoms with van der Waals surface area (Å²) in [5.74, 6) is 0. The molecule has 78 valence electrons. The maximum atomic E-state index is 3.52. The van der Waals surface area contributed by atoms with Crippen molar-refractivity contribution in [3.05, 3.63) is 30.3 Å². The molecular formula is C11H18BrNSi. The maximum absolute atomic E-state index is 3.52. The maximum Gasteiger partial charge on any atom is 0.147 e. The van der Waals surface area contributed by atoms with Gasteiger partial charge < -0.3 is 4.57 Å². The molecule has 0 radical (unpaired) electrons. The van der Waals surface area contributed by atoms with Crippen molar-refractivity contribution < 1.29 is 0 Å². The van der Waals surface area contributed by atoms with Gasteiger partial charge in [0.15, 0.2) is 0 Å². The topological polar surface area (TPSA) is 3.24 Å². The van der Waals surface area contributed by atoms with E-state index in [0.29, 0.717) is 0 Å². The van der Waals surface area contributed by atoms with Gasteiger partial charge in [0.25, 0.3) is 0 Å². The highest BCUT2D eigenvalue weighted by molar-refractivity contribution is 9.09. The largest absolute Gasteiger partial charge is 0.397 e. The van der Waals surface area contributed by atoms with E-state index in [1.807, 2.05) is 0 Å². The van der Waals surface area contributed by atoms with E-state index in [9.17, 15) is 0 Å². The highest BCUT2D eigenvalue weighted by Crippen LogP contribution is 2.20. The second-order valence-electron chi connectivity index (χ2n) is 4.35. The highest BCUT2D eigenvalue weighted by atomic mass is 79.9. The SMILES string of the molecule is C[Si](C)(C)N(CCBr)c1ccccc1. The van der Waals surface area contributed by atoms with Crippen molar-refractivity contribution in [3.63, 3.8) is 0 Å². The van der Waals surface area contributed by atoms with Gasteiger partial charge in [-0.3, -0.25) is 0 Å². The predicted octanol–water partition coefficient (Wildman–Crippen LogP) is 3.72. The molecule has 0 saturated carbocycles. The minimum atomic E-state index is -1.25. The number of hydrogen-bond donors (Lipinski definition) is 0. The van der Waals surface area contributed by atoms with E-state index in [1.54, 1.807) is 0 Å². The van der Waals surface area contributed by atoms with Gasteiger partial charge in [0.2, 0.25) is 0 Å². The summed E-state index contributed by atoms with van der Waals surface area (Å²) in [5.41, 5.74) is 1.35. The van der Waals surface area contributed by atoms with Crippen LogP contribution in [-0.2, 0) is 0 Å². The normalized spacial score (nSPS) is 11.4. The lowest BCUT2D eigenvalue weighted by Gasteiger charge is -2.36. The molecule has 0 spiro atoms. The Hall–Kier alpha value is -0.283. The van der Waals surface area contributed by atoms with Crippen LogP contribution in [0.4, 0.5) is 5.69 Å². The van der Waals surface area contributed by atoms with Crippen LogP contribution in [0, 0.1) is 0 Å². The quantitative estimate of drug-likeness (QED) is 0.596. The first-order valence-electron chi connectivity index (χ1n) is 4.94. The van der Waals surface area contributed by atoms with Crippen molar-refractivity contribution in [1.29, 1.82) is 0 Å². The van der Waals surface area contributed by atoms with Crippen molar-refractivity contribution >= 4 is 29.9 Å². The Morgan fingerprint density at radius 1 is 1.14 bits per heavy atom. The van der Waals surface area contributed by atoms with Gasteiger partial charge in [-0.05, 0) is 12.1 Å². The summed E-state index contributed by atoms with van der Waals surface area (Å²) in [6, 6.07) is 10.7. The van der Waals surface area contributed by atoms with E-state index in [2.05, 4.69) is 70.5 Å². The first kappa shape index (κ1) is 11.8. The summed E-state index contributed by atoms with van der Waals surface area (Å²) in [4.78, 5) is 0. The van der Waals surface area contributed by atoms with E-state index < -0.39 is 8.24 Å². The Morgan fingerprint density at radius 2 is 1.71 bits per heavy atom. The molecule has 14 heavy (non-hydrogen) atoms. The van der Waals surface area contributed by atoms with Gasteiger partial charge in [0, 0.05) is 17.6 Å². The number of hydrogen-bond acceptors (Lipinski definition) is 1. The summed E-state index contributed by atoms with van der Waals surface area (Å²) in [6.07, 6.45) is 0. The molecule has 0 aromatic heterocycles. The van der Waals surface area contributed by atoms with Crippen molar-refractivity contribution in [1.82, 2.24) is 0 Å². The number of halogens is 1. The fourth-order valence-corrected chi connectivity index (χ4v) is 3.93. The number of anilines is 1. The molecule has 0 atom stereocenters. The molecule has 0 fully saturated rings. The van der Waals surface area contributed by atoms with Gasteiger partial charge in [-0.25, -0.2) is 0 Å². The van der Waals surface area contributed by atoms with Crippen LogP contribution in [0.25, 0.3) is 0 Å². The zero-order chi connectivity index (χ0) is 10.6. The molecule has 3 heteroatoms. The fourth-order valence-electron chi connectivity index (χ4n) is 1.54. The Bertz CT molecular complexity index is 268. The second kappa shape index (κ2) is 4.98. The van der Waals surface area contributed by atoms with Crippen molar-refractivity contribution in [2.24, 2.45) is 0 Å². The van der Waals surface area contributed by atoms with Gasteiger partial charge in [-0.2, -0.15) is 0 Å². The summed E-state index contributed by atoms with van der Waals surface area (Å²) >= 11 is 3.52. The van der Waals surface area contributed by atoms with Gasteiger partial charge in [0.1, 0.15) is 8.24 Å². The first-order valence-corrected chi connectivity index (χ1v) is 9.51. The van der Waals surface area contributed by atoms with E-state index in [-0.39, 0.29) is 0 Å². The summed E-state index contributed by atoms with van der Waals surface area (Å²) in [6.45, 7) is 8.23. The summed E-state index contributed by atoms with van der Waals surface area (Å²) in [7, 11) is -1.25. The number of para-hydroxylation sites is 1. The van der Waals surface area contributed by atoms with E-state index in [1.165, 1.54) is 5.69 Å². The molecule has 0 heterocycles. The van der Waals surface area contributed by atoms with Crippen molar-refractivity contribution in [2.75, 3.05) is 16.4 Å². The van der Waals surface area contributed by atoms with Crippen LogP contribution in [0.3, 0.4) is 0 Å². The molecule has 0 aliphatic rings.